The van der Waals surface area contributed by atoms with Crippen LogP contribution in [0.15, 0.2) is 48.9 Å². The number of pyridine rings is 2. The van der Waals surface area contributed by atoms with E-state index < -0.39 is 5.97 Å². The van der Waals surface area contributed by atoms with Gasteiger partial charge in [-0.15, -0.1) is 0 Å². The van der Waals surface area contributed by atoms with E-state index in [0.717, 1.165) is 38.5 Å². The Balaban J connectivity index is 1.96. The van der Waals surface area contributed by atoms with Crippen molar-refractivity contribution in [3.05, 3.63) is 60.2 Å². The number of hydrogen-bond donors (Lipinski definition) is 1. The zero-order valence-corrected chi connectivity index (χ0v) is 16.0. The first kappa shape index (κ1) is 18.1. The van der Waals surface area contributed by atoms with Crippen LogP contribution in [0.5, 0.6) is 0 Å². The van der Waals surface area contributed by atoms with Gasteiger partial charge in [0.15, 0.2) is 5.69 Å². The number of H-pyrrole nitrogens is 1. The van der Waals surface area contributed by atoms with Gasteiger partial charge in [-0.2, -0.15) is 0 Å². The highest BCUT2D eigenvalue weighted by Crippen LogP contribution is 2.33. The van der Waals surface area contributed by atoms with Gasteiger partial charge in [0, 0.05) is 46.9 Å². The molecule has 3 aromatic heterocycles. The van der Waals surface area contributed by atoms with Crippen molar-refractivity contribution >= 4 is 27.8 Å². The molecule has 0 amide bonds. The van der Waals surface area contributed by atoms with Crippen LogP contribution in [0.2, 0.25) is 0 Å². The second-order valence-electron chi connectivity index (χ2n) is 6.89. The summed E-state index contributed by atoms with van der Waals surface area (Å²) in [6.07, 6.45) is 5.04. The van der Waals surface area contributed by atoms with Gasteiger partial charge in [-0.3, -0.25) is 4.98 Å². The third-order valence-electron chi connectivity index (χ3n) is 4.56. The Kier molecular flexibility index (Phi) is 4.79. The molecular formula is C22H21N3O3. The second kappa shape index (κ2) is 7.40. The molecule has 28 heavy (non-hydrogen) atoms. The number of rotatable bonds is 5. The second-order valence-corrected chi connectivity index (χ2v) is 6.89. The molecule has 4 rings (SSSR count). The van der Waals surface area contributed by atoms with Gasteiger partial charge >= 0.3 is 5.97 Å². The fourth-order valence-electron chi connectivity index (χ4n) is 3.40. The Morgan fingerprint density at radius 1 is 1.14 bits per heavy atom. The summed E-state index contributed by atoms with van der Waals surface area (Å²) in [6.45, 7) is 3.90. The van der Waals surface area contributed by atoms with Crippen molar-refractivity contribution in [1.29, 1.82) is 0 Å². The lowest BCUT2D eigenvalue weighted by Crippen LogP contribution is -2.15. The highest BCUT2D eigenvalue weighted by molar-refractivity contribution is 6.12. The van der Waals surface area contributed by atoms with Gasteiger partial charge in [-0.1, -0.05) is 12.1 Å². The molecule has 0 aliphatic rings. The van der Waals surface area contributed by atoms with E-state index in [0.29, 0.717) is 0 Å². The van der Waals surface area contributed by atoms with E-state index in [1.54, 1.807) is 19.5 Å². The number of nitrogens with one attached hydrogen (secondary N) is 1. The van der Waals surface area contributed by atoms with Crippen LogP contribution in [-0.2, 0) is 16.1 Å². The minimum absolute atomic E-state index is 0.222. The number of esters is 1. The van der Waals surface area contributed by atoms with Crippen molar-refractivity contribution in [3.8, 4) is 11.1 Å². The lowest BCUT2D eigenvalue weighted by molar-refractivity contribution is 0.0366. The third kappa shape index (κ3) is 3.23. The standard InChI is InChI=1S/C22H21N3O3/c1-13(2)28-22(26)21-17(12-27-3)20-16-9-14(15-5-4-8-23-10-15)6-7-18(16)25-19(20)11-24-21/h4-11,13,25H,12H2,1-3H3. The summed E-state index contributed by atoms with van der Waals surface area (Å²) in [7, 11) is 1.60. The molecule has 4 aromatic rings. The lowest BCUT2D eigenvalue weighted by atomic mass is 10.0. The molecule has 6 heteroatoms. The summed E-state index contributed by atoms with van der Waals surface area (Å²) in [5, 5.41) is 1.93. The van der Waals surface area contributed by atoms with Gasteiger partial charge in [0.1, 0.15) is 0 Å². The fraction of sp³-hybridized carbons (Fsp3) is 0.227. The molecule has 1 aromatic carbocycles. The van der Waals surface area contributed by atoms with Crippen molar-refractivity contribution < 1.29 is 14.3 Å². The number of nitrogens with zero attached hydrogens (tertiary/aromatic N) is 2. The number of hydrogen-bond acceptors (Lipinski definition) is 5. The van der Waals surface area contributed by atoms with E-state index in [9.17, 15) is 4.79 Å². The molecule has 0 unspecified atom stereocenters. The maximum absolute atomic E-state index is 12.6. The number of benzene rings is 1. The maximum Gasteiger partial charge on any atom is 0.357 e. The van der Waals surface area contributed by atoms with E-state index in [4.69, 9.17) is 9.47 Å². The molecule has 0 saturated heterocycles. The van der Waals surface area contributed by atoms with Gasteiger partial charge in [0.05, 0.1) is 24.4 Å². The quantitative estimate of drug-likeness (QED) is 0.520. The maximum atomic E-state index is 12.6. The minimum Gasteiger partial charge on any atom is -0.458 e. The zero-order chi connectivity index (χ0) is 19.7. The van der Waals surface area contributed by atoms with Gasteiger partial charge in [0.25, 0.3) is 0 Å². The molecule has 0 spiro atoms. The summed E-state index contributed by atoms with van der Waals surface area (Å²) in [6, 6.07) is 10.1. The first-order valence-electron chi connectivity index (χ1n) is 9.12. The van der Waals surface area contributed by atoms with Crippen LogP contribution in [0.3, 0.4) is 0 Å². The summed E-state index contributed by atoms with van der Waals surface area (Å²) >= 11 is 0. The van der Waals surface area contributed by atoms with Gasteiger partial charge in [0.2, 0.25) is 0 Å². The predicted molar refractivity (Wildman–Crippen MR) is 108 cm³/mol. The summed E-state index contributed by atoms with van der Waals surface area (Å²) in [5.41, 5.74) is 4.91. The Bertz CT molecular complexity index is 1150. The molecule has 6 nitrogen and oxygen atoms in total. The Labute approximate surface area is 162 Å². The number of carbonyl (C=O) groups is 1. The Morgan fingerprint density at radius 2 is 2.00 bits per heavy atom. The molecule has 1 N–H and O–H groups in total. The highest BCUT2D eigenvalue weighted by atomic mass is 16.5. The highest BCUT2D eigenvalue weighted by Gasteiger charge is 2.21. The van der Waals surface area contributed by atoms with Gasteiger partial charge in [-0.05, 0) is 37.6 Å². The normalized spacial score (nSPS) is 11.4. The fourth-order valence-corrected chi connectivity index (χ4v) is 3.40. The van der Waals surface area contributed by atoms with Crippen molar-refractivity contribution in [1.82, 2.24) is 15.0 Å². The van der Waals surface area contributed by atoms with Crippen LogP contribution in [0.25, 0.3) is 32.9 Å². The molecule has 142 valence electrons. The number of fused-ring (bicyclic) bond motifs is 3. The summed E-state index contributed by atoms with van der Waals surface area (Å²) in [4.78, 5) is 24.5. The van der Waals surface area contributed by atoms with Gasteiger partial charge < -0.3 is 14.5 Å². The number of carbonyl (C=O) groups excluding carboxylic acids is 1. The lowest BCUT2D eigenvalue weighted by Gasteiger charge is -2.12. The molecule has 0 atom stereocenters. The number of aromatic nitrogens is 3. The molecule has 0 aliphatic carbocycles. The van der Waals surface area contributed by atoms with Crippen molar-refractivity contribution in [3.63, 3.8) is 0 Å². The topological polar surface area (TPSA) is 77.1 Å². The van der Waals surface area contributed by atoms with Crippen molar-refractivity contribution in [2.75, 3.05) is 7.11 Å². The molecular weight excluding hydrogens is 354 g/mol. The van der Waals surface area contributed by atoms with Crippen molar-refractivity contribution in [2.24, 2.45) is 0 Å². The Morgan fingerprint density at radius 3 is 2.71 bits per heavy atom. The molecule has 0 saturated carbocycles. The molecule has 0 radical (unpaired) electrons. The average molecular weight is 375 g/mol. The van der Waals surface area contributed by atoms with Crippen molar-refractivity contribution in [2.45, 2.75) is 26.6 Å². The molecule has 3 heterocycles. The van der Waals surface area contributed by atoms with Crippen LogP contribution in [-0.4, -0.2) is 34.1 Å². The van der Waals surface area contributed by atoms with Crippen LogP contribution in [0.1, 0.15) is 29.9 Å². The third-order valence-corrected chi connectivity index (χ3v) is 4.56. The molecule has 0 aliphatic heterocycles. The van der Waals surface area contributed by atoms with E-state index in [1.165, 1.54) is 0 Å². The first-order valence-corrected chi connectivity index (χ1v) is 9.12. The van der Waals surface area contributed by atoms with Gasteiger partial charge in [-0.25, -0.2) is 9.78 Å². The number of methoxy groups -OCH3 is 1. The molecule has 0 bridgehead atoms. The Hall–Kier alpha value is -3.25. The number of aromatic amines is 1. The van der Waals surface area contributed by atoms with Crippen LogP contribution in [0, 0.1) is 0 Å². The van der Waals surface area contributed by atoms with Crippen LogP contribution < -0.4 is 0 Å². The summed E-state index contributed by atoms with van der Waals surface area (Å²) < 4.78 is 10.8. The largest absolute Gasteiger partial charge is 0.458 e. The molecule has 0 fully saturated rings. The smallest absolute Gasteiger partial charge is 0.357 e. The van der Waals surface area contributed by atoms with E-state index in [1.807, 2.05) is 44.3 Å². The zero-order valence-electron chi connectivity index (χ0n) is 16.0. The minimum atomic E-state index is -0.443. The predicted octanol–water partition coefficient (Wildman–Crippen LogP) is 4.49. The van der Waals surface area contributed by atoms with Crippen LogP contribution >= 0.6 is 0 Å². The first-order chi connectivity index (χ1) is 13.6. The SMILES string of the molecule is COCc1c(C(=O)OC(C)C)ncc2[nH]c3ccc(-c4cccnc4)cc3c12. The van der Waals surface area contributed by atoms with E-state index in [-0.39, 0.29) is 18.4 Å². The van der Waals surface area contributed by atoms with E-state index in [2.05, 4.69) is 21.0 Å². The van der Waals surface area contributed by atoms with E-state index >= 15 is 0 Å². The average Bonchev–Trinajstić information content (AvgIpc) is 3.06. The summed E-state index contributed by atoms with van der Waals surface area (Å²) in [5.74, 6) is -0.443. The number of ether oxygens (including phenoxy) is 2. The van der Waals surface area contributed by atoms with Crippen LogP contribution in [0.4, 0.5) is 0 Å². The monoisotopic (exact) mass is 375 g/mol.